The van der Waals surface area contributed by atoms with Crippen LogP contribution in [0.5, 0.6) is 11.5 Å². The minimum Gasteiger partial charge on any atom is -0.493 e. The number of ether oxygens (including phenoxy) is 2. The lowest BCUT2D eigenvalue weighted by atomic mass is 10.1. The number of hydrogen-bond donors (Lipinski definition) is 1. The Bertz CT molecular complexity index is 1190. The first kappa shape index (κ1) is 24.1. The molecule has 34 heavy (non-hydrogen) atoms. The van der Waals surface area contributed by atoms with Crippen LogP contribution in [0.15, 0.2) is 63.0 Å². The number of carbonyl (C=O) groups excluding carboxylic acids is 1. The summed E-state index contributed by atoms with van der Waals surface area (Å²) >= 11 is 3.08. The molecule has 0 spiro atoms. The first-order chi connectivity index (χ1) is 16.5. The number of methoxy groups -OCH3 is 1. The van der Waals surface area contributed by atoms with Gasteiger partial charge in [-0.05, 0) is 67.4 Å². The van der Waals surface area contributed by atoms with E-state index in [0.29, 0.717) is 23.3 Å². The van der Waals surface area contributed by atoms with Crippen molar-refractivity contribution in [2.45, 2.75) is 31.6 Å². The van der Waals surface area contributed by atoms with E-state index in [1.165, 1.54) is 27.2 Å². The summed E-state index contributed by atoms with van der Waals surface area (Å²) in [5, 5.41) is 15.7. The molecular formula is C25H26N4O3S2. The highest BCUT2D eigenvalue weighted by Crippen LogP contribution is 2.32. The summed E-state index contributed by atoms with van der Waals surface area (Å²) in [6, 6.07) is 13.9. The number of amidine groups is 2. The van der Waals surface area contributed by atoms with Crippen LogP contribution in [0, 0.1) is 12.3 Å². The van der Waals surface area contributed by atoms with Gasteiger partial charge in [-0.1, -0.05) is 30.7 Å². The van der Waals surface area contributed by atoms with Crippen molar-refractivity contribution in [1.82, 2.24) is 5.01 Å². The van der Waals surface area contributed by atoms with Crippen LogP contribution < -0.4 is 9.47 Å². The highest BCUT2D eigenvalue weighted by molar-refractivity contribution is 8.26. The zero-order valence-corrected chi connectivity index (χ0v) is 21.0. The lowest BCUT2D eigenvalue weighted by Crippen LogP contribution is -2.35. The number of nitrogens with zero attached hydrogens (tertiary/aromatic N) is 3. The van der Waals surface area contributed by atoms with E-state index in [2.05, 4.69) is 48.2 Å². The van der Waals surface area contributed by atoms with Gasteiger partial charge < -0.3 is 9.47 Å². The Hall–Kier alpha value is -3.04. The van der Waals surface area contributed by atoms with Gasteiger partial charge in [0.05, 0.1) is 19.3 Å². The van der Waals surface area contributed by atoms with Crippen molar-refractivity contribution < 1.29 is 14.3 Å². The van der Waals surface area contributed by atoms with Gasteiger partial charge >= 0.3 is 0 Å². The van der Waals surface area contributed by atoms with Crippen LogP contribution >= 0.6 is 23.5 Å². The topological polar surface area (TPSA) is 87.3 Å². The number of thioether (sulfide) groups is 2. The number of rotatable bonds is 9. The van der Waals surface area contributed by atoms with Crippen LogP contribution in [0.3, 0.4) is 0 Å². The monoisotopic (exact) mass is 494 g/mol. The van der Waals surface area contributed by atoms with Crippen molar-refractivity contribution in [1.29, 1.82) is 5.41 Å². The number of hydrogen-bond acceptors (Lipinski definition) is 7. The molecule has 2 heterocycles. The predicted molar refractivity (Wildman–Crippen MR) is 140 cm³/mol. The summed E-state index contributed by atoms with van der Waals surface area (Å²) in [6.45, 7) is 4.66. The van der Waals surface area contributed by atoms with Crippen LogP contribution in [0.2, 0.25) is 0 Å². The van der Waals surface area contributed by atoms with Crippen LogP contribution in [-0.2, 0) is 4.79 Å². The molecule has 2 aliphatic rings. The molecular weight excluding hydrogens is 468 g/mol. The Labute approximate surface area is 207 Å². The van der Waals surface area contributed by atoms with E-state index < -0.39 is 5.91 Å². The fraction of sp³-hybridized carbons (Fsp3) is 0.280. The fourth-order valence-electron chi connectivity index (χ4n) is 3.35. The summed E-state index contributed by atoms with van der Waals surface area (Å²) < 4.78 is 11.4. The Morgan fingerprint density at radius 2 is 1.97 bits per heavy atom. The summed E-state index contributed by atoms with van der Waals surface area (Å²) in [5.41, 5.74) is 2.15. The average Bonchev–Trinajstić information content (AvgIpc) is 3.24. The minimum absolute atomic E-state index is 0.0287. The van der Waals surface area contributed by atoms with Gasteiger partial charge in [0.25, 0.3) is 5.91 Å². The van der Waals surface area contributed by atoms with Crippen molar-refractivity contribution in [3.8, 4) is 11.5 Å². The van der Waals surface area contributed by atoms with E-state index in [-0.39, 0.29) is 11.4 Å². The highest BCUT2D eigenvalue weighted by Gasteiger charge is 2.35. The van der Waals surface area contributed by atoms with Crippen LogP contribution in [0.1, 0.15) is 30.9 Å². The van der Waals surface area contributed by atoms with E-state index in [1.807, 2.05) is 12.1 Å². The molecule has 0 saturated carbocycles. The summed E-state index contributed by atoms with van der Waals surface area (Å²) in [6.07, 6.45) is 3.38. The van der Waals surface area contributed by atoms with Gasteiger partial charge in [-0.15, -0.1) is 11.8 Å². The molecule has 0 saturated heterocycles. The summed E-state index contributed by atoms with van der Waals surface area (Å²) in [4.78, 5) is 17.9. The Morgan fingerprint density at radius 1 is 1.18 bits per heavy atom. The lowest BCUT2D eigenvalue weighted by molar-refractivity contribution is -0.114. The van der Waals surface area contributed by atoms with Crippen LogP contribution in [0.25, 0.3) is 6.08 Å². The molecule has 0 aromatic heterocycles. The molecule has 2 aliphatic heterocycles. The third-order valence-electron chi connectivity index (χ3n) is 5.09. The maximum Gasteiger partial charge on any atom is 0.283 e. The molecule has 9 heteroatoms. The number of amides is 1. The van der Waals surface area contributed by atoms with Crippen molar-refractivity contribution in [3.63, 3.8) is 0 Å². The number of hydrazone groups is 1. The van der Waals surface area contributed by atoms with Crippen molar-refractivity contribution >= 4 is 51.6 Å². The first-order valence-corrected chi connectivity index (χ1v) is 12.8. The lowest BCUT2D eigenvalue weighted by Gasteiger charge is -2.20. The number of carbonyl (C=O) groups is 1. The Kier molecular flexibility index (Phi) is 7.74. The molecule has 0 atom stereocenters. The number of nitrogens with one attached hydrogen (secondary N) is 1. The second kappa shape index (κ2) is 10.9. The quantitative estimate of drug-likeness (QED) is 0.278. The summed E-state index contributed by atoms with van der Waals surface area (Å²) in [7, 11) is 1.58. The summed E-state index contributed by atoms with van der Waals surface area (Å²) in [5.74, 6) is 1.58. The maximum atomic E-state index is 12.6. The second-order valence-electron chi connectivity index (χ2n) is 7.68. The molecule has 1 amide bonds. The first-order valence-electron chi connectivity index (χ1n) is 11.0. The molecule has 7 nitrogen and oxygen atoms in total. The van der Waals surface area contributed by atoms with E-state index >= 15 is 0 Å². The molecule has 0 unspecified atom stereocenters. The molecule has 2 aromatic carbocycles. The molecule has 1 N–H and O–H groups in total. The van der Waals surface area contributed by atoms with Gasteiger partial charge in [0.15, 0.2) is 17.3 Å². The second-order valence-corrected chi connectivity index (χ2v) is 9.89. The zero-order valence-electron chi connectivity index (χ0n) is 19.3. The Morgan fingerprint density at radius 3 is 2.71 bits per heavy atom. The molecule has 2 aromatic rings. The Balaban J connectivity index is 1.43. The van der Waals surface area contributed by atoms with Gasteiger partial charge in [0.1, 0.15) is 5.04 Å². The number of fused-ring (bicyclic) bond motifs is 1. The molecule has 0 fully saturated rings. The van der Waals surface area contributed by atoms with Crippen molar-refractivity contribution in [3.05, 3.63) is 59.2 Å². The van der Waals surface area contributed by atoms with Crippen molar-refractivity contribution in [2.75, 3.05) is 19.5 Å². The van der Waals surface area contributed by atoms with Crippen LogP contribution in [-0.4, -0.2) is 46.4 Å². The van der Waals surface area contributed by atoms with E-state index in [0.717, 1.165) is 29.2 Å². The van der Waals surface area contributed by atoms with Crippen LogP contribution in [0.4, 0.5) is 0 Å². The van der Waals surface area contributed by atoms with Gasteiger partial charge in [0.2, 0.25) is 5.17 Å². The number of aryl methyl sites for hydroxylation is 1. The standard InChI is InChI=1S/C25H26N4O3S2/c1-4-5-22-28-29-23(26)19(24(30)27-25(29)34-22)14-17-8-11-20(21(15-17)31-3)32-12-13-33-18-9-6-16(2)7-10-18/h6-11,14-15,26H,4-5,12-13H2,1-3H3. The maximum absolute atomic E-state index is 12.6. The van der Waals surface area contributed by atoms with Gasteiger partial charge in [-0.25, -0.2) is 0 Å². The number of aliphatic imine (C=N–C) groups is 1. The van der Waals surface area contributed by atoms with Gasteiger partial charge in [0, 0.05) is 10.6 Å². The van der Waals surface area contributed by atoms with E-state index in [1.54, 1.807) is 31.0 Å². The van der Waals surface area contributed by atoms with E-state index in [9.17, 15) is 4.79 Å². The van der Waals surface area contributed by atoms with Gasteiger partial charge in [-0.2, -0.15) is 15.1 Å². The normalized spacial score (nSPS) is 16.4. The highest BCUT2D eigenvalue weighted by atomic mass is 32.2. The molecule has 0 bridgehead atoms. The smallest absolute Gasteiger partial charge is 0.283 e. The van der Waals surface area contributed by atoms with Gasteiger partial charge in [-0.3, -0.25) is 10.2 Å². The third kappa shape index (κ3) is 5.53. The SMILES string of the molecule is CCCC1=NN2C(=N)C(=Cc3ccc(OCCSc4ccc(C)cc4)c(OC)c3)C(=O)N=C2S1. The number of benzene rings is 2. The predicted octanol–water partition coefficient (Wildman–Crippen LogP) is 5.59. The minimum atomic E-state index is -0.441. The fourth-order valence-corrected chi connectivity index (χ4v) is 5.07. The van der Waals surface area contributed by atoms with E-state index in [4.69, 9.17) is 14.9 Å². The molecule has 0 aliphatic carbocycles. The third-order valence-corrected chi connectivity index (χ3v) is 7.03. The molecule has 4 rings (SSSR count). The van der Waals surface area contributed by atoms with Crippen molar-refractivity contribution in [2.24, 2.45) is 10.1 Å². The largest absolute Gasteiger partial charge is 0.493 e. The average molecular weight is 495 g/mol. The molecule has 176 valence electrons. The zero-order chi connectivity index (χ0) is 24.1. The molecule has 0 radical (unpaired) electrons.